The topological polar surface area (TPSA) is 119 Å². The van der Waals surface area contributed by atoms with Crippen molar-refractivity contribution in [3.8, 4) is 23.1 Å². The van der Waals surface area contributed by atoms with Gasteiger partial charge in [-0.05, 0) is 54.6 Å². The smallest absolute Gasteiger partial charge is 0.265 e. The van der Waals surface area contributed by atoms with Crippen LogP contribution in [0.4, 0.5) is 11.4 Å². The molecule has 0 saturated heterocycles. The van der Waals surface area contributed by atoms with Gasteiger partial charge in [0.25, 0.3) is 15.6 Å². The van der Waals surface area contributed by atoms with Crippen LogP contribution in [0.5, 0.6) is 17.4 Å². The van der Waals surface area contributed by atoms with E-state index in [-0.39, 0.29) is 21.8 Å². The number of ether oxygens (including phenoxy) is 2. The van der Waals surface area contributed by atoms with Gasteiger partial charge in [-0.3, -0.25) is 14.5 Å². The van der Waals surface area contributed by atoms with Crippen LogP contribution < -0.4 is 19.8 Å². The first kappa shape index (κ1) is 27.8. The summed E-state index contributed by atoms with van der Waals surface area (Å²) in [5.41, 5.74) is 0.613. The Morgan fingerprint density at radius 1 is 0.878 bits per heavy atom. The van der Waals surface area contributed by atoms with E-state index in [4.69, 9.17) is 21.1 Å². The Labute approximate surface area is 241 Å². The maximum Gasteiger partial charge on any atom is 0.265 e. The highest BCUT2D eigenvalue weighted by molar-refractivity contribution is 7.92. The van der Waals surface area contributed by atoms with Crippen LogP contribution in [0.3, 0.4) is 0 Å². The molecule has 2 N–H and O–H groups in total. The third-order valence-corrected chi connectivity index (χ3v) is 7.98. The van der Waals surface area contributed by atoms with Gasteiger partial charge in [0.2, 0.25) is 5.88 Å². The average molecular weight is 590 g/mol. The molecule has 41 heavy (non-hydrogen) atoms. The van der Waals surface area contributed by atoms with Crippen LogP contribution in [0, 0.1) is 0 Å². The lowest BCUT2D eigenvalue weighted by atomic mass is 10.1. The van der Waals surface area contributed by atoms with Crippen molar-refractivity contribution in [1.29, 1.82) is 0 Å². The van der Waals surface area contributed by atoms with Gasteiger partial charge in [0.05, 0.1) is 46.8 Å². The number of hydrogen-bond donors (Lipinski definition) is 2. The molecule has 5 rings (SSSR count). The monoisotopic (exact) mass is 589 g/mol. The molecule has 0 radical (unpaired) electrons. The summed E-state index contributed by atoms with van der Waals surface area (Å²) >= 11 is 6.23. The minimum Gasteiger partial charge on any atom is -0.495 e. The number of methoxy groups -OCH3 is 2. The van der Waals surface area contributed by atoms with E-state index in [1.54, 1.807) is 66.7 Å². The van der Waals surface area contributed by atoms with Crippen LogP contribution in [0.25, 0.3) is 16.5 Å². The van der Waals surface area contributed by atoms with Crippen LogP contribution in [0.2, 0.25) is 5.02 Å². The molecule has 0 aliphatic rings. The highest BCUT2D eigenvalue weighted by Crippen LogP contribution is 2.31. The van der Waals surface area contributed by atoms with Crippen molar-refractivity contribution in [3.63, 3.8) is 0 Å². The summed E-state index contributed by atoms with van der Waals surface area (Å²) < 4.78 is 40.5. The average Bonchev–Trinajstić information content (AvgIpc) is 2.97. The molecule has 0 amide bonds. The van der Waals surface area contributed by atoms with Crippen molar-refractivity contribution in [2.24, 2.45) is 4.99 Å². The van der Waals surface area contributed by atoms with Gasteiger partial charge in [-0.15, -0.1) is 0 Å². The number of aromatic hydroxyl groups is 1. The van der Waals surface area contributed by atoms with Gasteiger partial charge in [-0.2, -0.15) is 0 Å². The third-order valence-electron chi connectivity index (χ3n) is 6.32. The minimum absolute atomic E-state index is 0.122. The second-order valence-corrected chi connectivity index (χ2v) is 10.9. The zero-order chi connectivity index (χ0) is 29.1. The molecule has 0 unspecified atom stereocenters. The summed E-state index contributed by atoms with van der Waals surface area (Å²) in [6.45, 7) is 0. The Balaban J connectivity index is 1.62. The minimum atomic E-state index is -4.09. The zero-order valence-electron chi connectivity index (χ0n) is 21.9. The Bertz CT molecular complexity index is 1970. The molecule has 4 aromatic carbocycles. The summed E-state index contributed by atoms with van der Waals surface area (Å²) in [7, 11) is -1.14. The number of pyridine rings is 1. The number of aromatic nitrogens is 1. The summed E-state index contributed by atoms with van der Waals surface area (Å²) in [6, 6.07) is 24.0. The van der Waals surface area contributed by atoms with E-state index in [1.165, 1.54) is 44.7 Å². The van der Waals surface area contributed by atoms with Gasteiger partial charge in [-0.1, -0.05) is 48.0 Å². The lowest BCUT2D eigenvalue weighted by Crippen LogP contribution is -2.21. The van der Waals surface area contributed by atoms with Crippen molar-refractivity contribution in [2.75, 3.05) is 18.9 Å². The quantitative estimate of drug-likeness (QED) is 0.217. The summed E-state index contributed by atoms with van der Waals surface area (Å²) in [6.07, 6.45) is 1.43. The fraction of sp³-hybridized carbons (Fsp3) is 0.0667. The molecular formula is C30H24ClN3O6S. The van der Waals surface area contributed by atoms with E-state index in [1.807, 2.05) is 0 Å². The van der Waals surface area contributed by atoms with E-state index < -0.39 is 21.5 Å². The predicted octanol–water partition coefficient (Wildman–Crippen LogP) is 5.92. The number of fused-ring (bicyclic) bond motifs is 1. The molecule has 0 saturated carbocycles. The molecule has 9 nitrogen and oxygen atoms in total. The molecule has 0 aliphatic heterocycles. The fourth-order valence-corrected chi connectivity index (χ4v) is 5.69. The number of rotatable bonds is 8. The van der Waals surface area contributed by atoms with E-state index >= 15 is 0 Å². The van der Waals surface area contributed by atoms with E-state index in [2.05, 4.69) is 9.71 Å². The largest absolute Gasteiger partial charge is 0.495 e. The zero-order valence-corrected chi connectivity index (χ0v) is 23.5. The molecule has 0 fully saturated rings. The molecule has 0 atom stereocenters. The molecule has 0 aliphatic carbocycles. The Morgan fingerprint density at radius 3 is 2.32 bits per heavy atom. The summed E-state index contributed by atoms with van der Waals surface area (Å²) in [5.74, 6) is 0.421. The fourth-order valence-electron chi connectivity index (χ4n) is 4.33. The second-order valence-electron chi connectivity index (χ2n) is 8.80. The van der Waals surface area contributed by atoms with E-state index in [9.17, 15) is 18.3 Å². The first-order valence-corrected chi connectivity index (χ1v) is 14.1. The highest BCUT2D eigenvalue weighted by Gasteiger charge is 2.20. The Kier molecular flexibility index (Phi) is 7.69. The van der Waals surface area contributed by atoms with Gasteiger partial charge in [0.1, 0.15) is 11.5 Å². The number of halogens is 1. The van der Waals surface area contributed by atoms with Crippen LogP contribution in [0.15, 0.2) is 106 Å². The highest BCUT2D eigenvalue weighted by atomic mass is 35.5. The van der Waals surface area contributed by atoms with Gasteiger partial charge in [-0.25, -0.2) is 13.0 Å². The summed E-state index contributed by atoms with van der Waals surface area (Å²) in [4.78, 5) is 17.9. The number of para-hydroxylation sites is 2. The molecular weight excluding hydrogens is 566 g/mol. The van der Waals surface area contributed by atoms with Gasteiger partial charge >= 0.3 is 0 Å². The number of anilines is 1. The van der Waals surface area contributed by atoms with Gasteiger partial charge < -0.3 is 14.6 Å². The standard InChI is InChI=1S/C30H24ClN3O6S/c1-39-27-15-14-19(16-25(27)31)32-18-24-22-10-3-4-11-23(22)29(35)34(30(24)36)20-8-7-9-21(17-20)41(37,38)33-26-12-5-6-13-28(26)40-2/h3-18,33,36H,1-2H3. The molecule has 0 spiro atoms. The summed E-state index contributed by atoms with van der Waals surface area (Å²) in [5, 5.41) is 12.5. The number of sulfonamides is 1. The van der Waals surface area contributed by atoms with Crippen molar-refractivity contribution in [3.05, 3.63) is 112 Å². The first-order valence-electron chi connectivity index (χ1n) is 12.2. The second kappa shape index (κ2) is 11.4. The lowest BCUT2D eigenvalue weighted by Gasteiger charge is -2.15. The number of benzene rings is 4. The van der Waals surface area contributed by atoms with Crippen molar-refractivity contribution in [1.82, 2.24) is 4.57 Å². The molecule has 0 bridgehead atoms. The van der Waals surface area contributed by atoms with Crippen LogP contribution >= 0.6 is 11.6 Å². The lowest BCUT2D eigenvalue weighted by molar-refractivity contribution is 0.415. The molecule has 11 heteroatoms. The maximum atomic E-state index is 13.6. The normalized spacial score (nSPS) is 11.6. The SMILES string of the molecule is COc1ccc(N=Cc2c(O)n(-c3cccc(S(=O)(=O)Nc4ccccc4OC)c3)c(=O)c3ccccc23)cc1Cl. The molecule has 1 heterocycles. The van der Waals surface area contributed by atoms with Crippen molar-refractivity contribution in [2.45, 2.75) is 4.90 Å². The number of hydrogen-bond acceptors (Lipinski definition) is 7. The Hall–Kier alpha value is -4.80. The van der Waals surface area contributed by atoms with Crippen LogP contribution in [-0.4, -0.2) is 38.5 Å². The molecule has 1 aromatic heterocycles. The van der Waals surface area contributed by atoms with Crippen molar-refractivity contribution < 1.29 is 23.0 Å². The maximum absolute atomic E-state index is 13.6. The third kappa shape index (κ3) is 5.47. The van der Waals surface area contributed by atoms with Gasteiger partial charge in [0, 0.05) is 17.0 Å². The van der Waals surface area contributed by atoms with Crippen LogP contribution in [0.1, 0.15) is 5.56 Å². The van der Waals surface area contributed by atoms with Gasteiger partial charge in [0.15, 0.2) is 0 Å². The number of nitrogens with zero attached hydrogens (tertiary/aromatic N) is 2. The van der Waals surface area contributed by atoms with E-state index in [0.717, 1.165) is 4.57 Å². The van der Waals surface area contributed by atoms with Crippen LogP contribution in [-0.2, 0) is 10.0 Å². The first-order chi connectivity index (χ1) is 19.7. The van der Waals surface area contributed by atoms with Crippen molar-refractivity contribution >= 4 is 50.0 Å². The number of nitrogens with one attached hydrogen (secondary N) is 1. The molecule has 5 aromatic rings. The van der Waals surface area contributed by atoms with E-state index in [0.29, 0.717) is 33.0 Å². The predicted molar refractivity (Wildman–Crippen MR) is 160 cm³/mol. The Morgan fingerprint density at radius 2 is 1.59 bits per heavy atom. The number of aliphatic imine (C=N–C) groups is 1. The molecule has 208 valence electrons.